The minimum atomic E-state index is -1.84. The van der Waals surface area contributed by atoms with Crippen molar-refractivity contribution in [2.24, 2.45) is 28.6 Å². The molecule has 2 N–H and O–H groups in total. The number of aliphatic hydroxyl groups excluding tert-OH is 2. The number of rotatable bonds is 2. The van der Waals surface area contributed by atoms with Gasteiger partial charge in [0.15, 0.2) is 17.2 Å². The van der Waals surface area contributed by atoms with Crippen molar-refractivity contribution < 1.29 is 24.2 Å². The van der Waals surface area contributed by atoms with Crippen LogP contribution in [0.25, 0.3) is 0 Å². The normalized spacial score (nSPS) is 49.9. The highest BCUT2D eigenvalue weighted by atomic mass is 19.1. The first kappa shape index (κ1) is 18.1. The fourth-order valence-corrected chi connectivity index (χ4v) is 6.85. The molecule has 142 valence electrons. The molecule has 0 heterocycles. The minimum absolute atomic E-state index is 0.000744. The molecule has 0 radical (unpaired) electrons. The molecule has 0 spiro atoms. The van der Waals surface area contributed by atoms with Gasteiger partial charge in [0.05, 0.1) is 6.10 Å². The maximum absolute atomic E-state index is 16.7. The molecule has 4 aliphatic rings. The third-order valence-corrected chi connectivity index (χ3v) is 8.18. The van der Waals surface area contributed by atoms with Crippen molar-refractivity contribution in [2.75, 3.05) is 6.61 Å². The molecular weight excluding hydrogens is 335 g/mol. The maximum atomic E-state index is 16.7. The zero-order valence-electron chi connectivity index (χ0n) is 15.4. The molecule has 0 amide bonds. The standard InChI is InChI=1S/C21H27FO4/c1-19-10-18(26)21(22)15(14(19)5-6-16(19)17(25)11-23)4-3-12-9-13(24)7-8-20(12,21)2/h7-9,14-16,18,23,26H,3-6,10-11H2,1-2H3/t14-,15-,16+,18?,19-,20-,21-/m0/s1. The van der Waals surface area contributed by atoms with Crippen LogP contribution in [-0.4, -0.2) is 40.2 Å². The Hall–Kier alpha value is -1.33. The topological polar surface area (TPSA) is 74.6 Å². The van der Waals surface area contributed by atoms with E-state index in [1.54, 1.807) is 13.0 Å². The lowest BCUT2D eigenvalue weighted by molar-refractivity contribution is -0.195. The monoisotopic (exact) mass is 362 g/mol. The molecule has 4 aliphatic carbocycles. The molecule has 0 aliphatic heterocycles. The molecule has 0 bridgehead atoms. The zero-order valence-corrected chi connectivity index (χ0v) is 15.4. The highest BCUT2D eigenvalue weighted by molar-refractivity contribution is 6.01. The van der Waals surface area contributed by atoms with E-state index in [-0.39, 0.29) is 35.7 Å². The van der Waals surface area contributed by atoms with E-state index in [2.05, 4.69) is 0 Å². The maximum Gasteiger partial charge on any atom is 0.178 e. The molecule has 4 rings (SSSR count). The van der Waals surface area contributed by atoms with E-state index in [0.29, 0.717) is 19.3 Å². The number of halogens is 1. The van der Waals surface area contributed by atoms with Gasteiger partial charge in [-0.15, -0.1) is 0 Å². The fraction of sp³-hybridized carbons (Fsp3) is 0.714. The van der Waals surface area contributed by atoms with Crippen LogP contribution in [0.2, 0.25) is 0 Å². The Labute approximate surface area is 153 Å². The van der Waals surface area contributed by atoms with E-state index in [0.717, 1.165) is 12.0 Å². The highest BCUT2D eigenvalue weighted by Crippen LogP contribution is 2.68. The van der Waals surface area contributed by atoms with E-state index in [1.807, 2.05) is 6.92 Å². The number of aliphatic hydroxyl groups is 2. The van der Waals surface area contributed by atoms with E-state index in [9.17, 15) is 19.8 Å². The third kappa shape index (κ3) is 2.02. The molecule has 3 saturated carbocycles. The Morgan fingerprint density at radius 1 is 1.27 bits per heavy atom. The Morgan fingerprint density at radius 3 is 2.69 bits per heavy atom. The number of hydrogen-bond acceptors (Lipinski definition) is 4. The molecule has 1 unspecified atom stereocenters. The Bertz CT molecular complexity index is 728. The quantitative estimate of drug-likeness (QED) is 0.792. The summed E-state index contributed by atoms with van der Waals surface area (Å²) < 4.78 is 16.7. The van der Waals surface area contributed by atoms with Gasteiger partial charge in [0.1, 0.15) is 6.61 Å². The average molecular weight is 362 g/mol. The summed E-state index contributed by atoms with van der Waals surface area (Å²) in [5.41, 5.74) is -2.53. The third-order valence-electron chi connectivity index (χ3n) is 8.18. The summed E-state index contributed by atoms with van der Waals surface area (Å²) in [5.74, 6) is -0.984. The fourth-order valence-electron chi connectivity index (χ4n) is 6.85. The van der Waals surface area contributed by atoms with Crippen LogP contribution >= 0.6 is 0 Å². The van der Waals surface area contributed by atoms with Gasteiger partial charge < -0.3 is 10.2 Å². The summed E-state index contributed by atoms with van der Waals surface area (Å²) in [7, 11) is 0. The number of hydrogen-bond donors (Lipinski definition) is 2. The number of fused-ring (bicyclic) bond motifs is 5. The van der Waals surface area contributed by atoms with Crippen molar-refractivity contribution in [1.29, 1.82) is 0 Å². The second-order valence-electron chi connectivity index (χ2n) is 9.11. The van der Waals surface area contributed by atoms with Gasteiger partial charge >= 0.3 is 0 Å². The molecule has 7 atom stereocenters. The number of carbonyl (C=O) groups is 2. The Morgan fingerprint density at radius 2 is 2.00 bits per heavy atom. The smallest absolute Gasteiger partial charge is 0.178 e. The SMILES string of the molecule is C[C@]12CC(O)[C@@]3(F)[C@@H](CCC4=CC(=O)C=C[C@@]43C)[C@@H]1CC[C@@H]2C(=O)CO. The number of allylic oxidation sites excluding steroid dienone is 4. The van der Waals surface area contributed by atoms with Crippen molar-refractivity contribution in [2.45, 2.75) is 57.7 Å². The zero-order chi connectivity index (χ0) is 18.9. The molecule has 26 heavy (non-hydrogen) atoms. The largest absolute Gasteiger partial charge is 0.390 e. The van der Waals surface area contributed by atoms with E-state index in [1.165, 1.54) is 12.2 Å². The summed E-state index contributed by atoms with van der Waals surface area (Å²) in [6, 6.07) is 0. The molecule has 5 heteroatoms. The van der Waals surface area contributed by atoms with Gasteiger partial charge in [-0.2, -0.15) is 0 Å². The summed E-state index contributed by atoms with van der Waals surface area (Å²) >= 11 is 0. The van der Waals surface area contributed by atoms with Gasteiger partial charge in [0.2, 0.25) is 0 Å². The molecule has 0 aromatic heterocycles. The highest BCUT2D eigenvalue weighted by Gasteiger charge is 2.70. The van der Waals surface area contributed by atoms with Crippen LogP contribution in [0.5, 0.6) is 0 Å². The lowest BCUT2D eigenvalue weighted by Gasteiger charge is -2.62. The van der Waals surface area contributed by atoms with Gasteiger partial charge in [-0.05, 0) is 62.5 Å². The summed E-state index contributed by atoms with van der Waals surface area (Å²) in [6.07, 6.45) is 6.22. The second-order valence-corrected chi connectivity index (χ2v) is 9.11. The van der Waals surface area contributed by atoms with Crippen LogP contribution in [0.4, 0.5) is 4.39 Å². The number of Topliss-reactive ketones (excluding diaryl/α,β-unsaturated/α-hetero) is 1. The number of alkyl halides is 1. The predicted octanol–water partition coefficient (Wildman–Crippen LogP) is 2.53. The van der Waals surface area contributed by atoms with E-state index < -0.39 is 29.2 Å². The first-order chi connectivity index (χ1) is 12.2. The van der Waals surface area contributed by atoms with Crippen molar-refractivity contribution in [3.63, 3.8) is 0 Å². The molecule has 0 saturated heterocycles. The van der Waals surface area contributed by atoms with Gasteiger partial charge in [-0.3, -0.25) is 9.59 Å². The van der Waals surface area contributed by atoms with Crippen LogP contribution in [0.1, 0.15) is 46.0 Å². The number of carbonyl (C=O) groups excluding carboxylic acids is 2. The molecule has 4 nitrogen and oxygen atoms in total. The number of ketones is 2. The Kier molecular flexibility index (Phi) is 3.88. The lowest BCUT2D eigenvalue weighted by atomic mass is 9.45. The molecular formula is C21H27FO4. The van der Waals surface area contributed by atoms with Crippen LogP contribution in [0.3, 0.4) is 0 Å². The Balaban J connectivity index is 1.78. The van der Waals surface area contributed by atoms with E-state index >= 15 is 4.39 Å². The minimum Gasteiger partial charge on any atom is -0.390 e. The van der Waals surface area contributed by atoms with Crippen LogP contribution in [0.15, 0.2) is 23.8 Å². The summed E-state index contributed by atoms with van der Waals surface area (Å²) in [4.78, 5) is 24.0. The molecule has 0 aromatic rings. The molecule has 3 fully saturated rings. The first-order valence-corrected chi connectivity index (χ1v) is 9.63. The summed E-state index contributed by atoms with van der Waals surface area (Å²) in [5, 5.41) is 20.4. The lowest BCUT2D eigenvalue weighted by Crippen LogP contribution is -2.66. The van der Waals surface area contributed by atoms with Crippen molar-refractivity contribution in [3.8, 4) is 0 Å². The van der Waals surface area contributed by atoms with Gasteiger partial charge in [0, 0.05) is 17.3 Å². The first-order valence-electron chi connectivity index (χ1n) is 9.63. The van der Waals surface area contributed by atoms with Crippen molar-refractivity contribution in [1.82, 2.24) is 0 Å². The average Bonchev–Trinajstić information content (AvgIpc) is 2.93. The van der Waals surface area contributed by atoms with Gasteiger partial charge in [-0.25, -0.2) is 4.39 Å². The van der Waals surface area contributed by atoms with Crippen LogP contribution in [0, 0.1) is 28.6 Å². The molecule has 0 aromatic carbocycles. The van der Waals surface area contributed by atoms with E-state index in [4.69, 9.17) is 0 Å². The van der Waals surface area contributed by atoms with Crippen LogP contribution in [-0.2, 0) is 9.59 Å². The van der Waals surface area contributed by atoms with Gasteiger partial charge in [0.25, 0.3) is 0 Å². The van der Waals surface area contributed by atoms with Gasteiger partial charge in [-0.1, -0.05) is 18.6 Å². The van der Waals surface area contributed by atoms with Crippen LogP contribution < -0.4 is 0 Å². The van der Waals surface area contributed by atoms with Crippen molar-refractivity contribution in [3.05, 3.63) is 23.8 Å². The van der Waals surface area contributed by atoms with Crippen molar-refractivity contribution >= 4 is 11.6 Å². The summed E-state index contributed by atoms with van der Waals surface area (Å²) in [6.45, 7) is 3.29. The second kappa shape index (κ2) is 5.59. The predicted molar refractivity (Wildman–Crippen MR) is 93.9 cm³/mol.